The molecular weight excluding hydrogens is 306 g/mol. The molecule has 1 unspecified atom stereocenters. The number of carbonyl (C=O) groups excluding carboxylic acids is 2. The predicted molar refractivity (Wildman–Crippen MR) is 88.7 cm³/mol. The number of rotatable bonds is 3. The molecule has 2 aromatic rings. The molecule has 1 saturated heterocycles. The molecule has 0 radical (unpaired) electrons. The minimum absolute atomic E-state index is 0.0280. The molecule has 1 saturated carbocycles. The molecule has 24 heavy (non-hydrogen) atoms. The van der Waals surface area contributed by atoms with Gasteiger partial charge in [-0.25, -0.2) is 4.98 Å². The van der Waals surface area contributed by atoms with Crippen molar-refractivity contribution in [1.82, 2.24) is 25.4 Å². The van der Waals surface area contributed by atoms with Gasteiger partial charge in [-0.15, -0.1) is 0 Å². The SMILES string of the molecule is Cc1nn(C)c2nc(C3CC3)cc(C(=O)NC3CCC(=O)NC3)c12. The van der Waals surface area contributed by atoms with Crippen molar-refractivity contribution in [3.8, 4) is 0 Å². The van der Waals surface area contributed by atoms with Gasteiger partial charge in [0.05, 0.1) is 16.6 Å². The van der Waals surface area contributed by atoms with Crippen molar-refractivity contribution in [2.45, 2.75) is 44.6 Å². The number of hydrogen-bond acceptors (Lipinski definition) is 4. The highest BCUT2D eigenvalue weighted by molar-refractivity contribution is 6.06. The molecule has 3 heterocycles. The van der Waals surface area contributed by atoms with E-state index in [9.17, 15) is 9.59 Å². The maximum Gasteiger partial charge on any atom is 0.252 e. The van der Waals surface area contributed by atoms with Gasteiger partial charge in [0.1, 0.15) is 0 Å². The zero-order valence-electron chi connectivity index (χ0n) is 13.9. The van der Waals surface area contributed by atoms with E-state index in [2.05, 4.69) is 15.7 Å². The van der Waals surface area contributed by atoms with Crippen LogP contribution in [0.15, 0.2) is 6.07 Å². The smallest absolute Gasteiger partial charge is 0.252 e. The number of hydrogen-bond donors (Lipinski definition) is 2. The van der Waals surface area contributed by atoms with E-state index >= 15 is 0 Å². The second-order valence-electron chi connectivity index (χ2n) is 6.79. The fourth-order valence-electron chi connectivity index (χ4n) is 3.35. The number of aryl methyl sites for hydroxylation is 2. The van der Waals surface area contributed by atoms with Gasteiger partial charge >= 0.3 is 0 Å². The molecule has 7 nitrogen and oxygen atoms in total. The first-order chi connectivity index (χ1) is 11.5. The fourth-order valence-corrected chi connectivity index (χ4v) is 3.35. The zero-order chi connectivity index (χ0) is 16.8. The molecule has 2 amide bonds. The van der Waals surface area contributed by atoms with E-state index in [0.29, 0.717) is 30.9 Å². The number of carbonyl (C=O) groups is 2. The molecule has 1 atom stereocenters. The molecule has 0 spiro atoms. The van der Waals surface area contributed by atoms with Crippen molar-refractivity contribution < 1.29 is 9.59 Å². The van der Waals surface area contributed by atoms with Crippen LogP contribution >= 0.6 is 0 Å². The first kappa shape index (κ1) is 15.1. The molecule has 4 rings (SSSR count). The lowest BCUT2D eigenvalue weighted by molar-refractivity contribution is -0.122. The van der Waals surface area contributed by atoms with E-state index in [4.69, 9.17) is 4.98 Å². The van der Waals surface area contributed by atoms with Crippen LogP contribution < -0.4 is 10.6 Å². The predicted octanol–water partition coefficient (Wildman–Crippen LogP) is 1.16. The van der Waals surface area contributed by atoms with Crippen LogP contribution in [0.5, 0.6) is 0 Å². The highest BCUT2D eigenvalue weighted by atomic mass is 16.2. The summed E-state index contributed by atoms with van der Waals surface area (Å²) in [5.41, 5.74) is 3.19. The number of aromatic nitrogens is 3. The number of nitrogens with zero attached hydrogens (tertiary/aromatic N) is 3. The lowest BCUT2D eigenvalue weighted by atomic mass is 10.0. The summed E-state index contributed by atoms with van der Waals surface area (Å²) in [5, 5.41) is 11.1. The number of pyridine rings is 1. The first-order valence-corrected chi connectivity index (χ1v) is 8.44. The van der Waals surface area contributed by atoms with Crippen LogP contribution in [0.2, 0.25) is 0 Å². The summed E-state index contributed by atoms with van der Waals surface area (Å²) < 4.78 is 1.74. The number of fused-ring (bicyclic) bond motifs is 1. The van der Waals surface area contributed by atoms with Crippen molar-refractivity contribution in [2.75, 3.05) is 6.54 Å². The van der Waals surface area contributed by atoms with Gasteiger partial charge in [-0.05, 0) is 32.3 Å². The van der Waals surface area contributed by atoms with Crippen molar-refractivity contribution in [1.29, 1.82) is 0 Å². The third-order valence-corrected chi connectivity index (χ3v) is 4.83. The largest absolute Gasteiger partial charge is 0.354 e. The number of amides is 2. The summed E-state index contributed by atoms with van der Waals surface area (Å²) in [6, 6.07) is 1.89. The molecule has 2 fully saturated rings. The standard InChI is InChI=1S/C17H21N5O2/c1-9-15-12(17(24)19-11-5-6-14(23)18-8-11)7-13(10-3-4-10)20-16(15)22(2)21-9/h7,10-11H,3-6,8H2,1-2H3,(H,18,23)(H,19,24). The highest BCUT2D eigenvalue weighted by Crippen LogP contribution is 2.40. The lowest BCUT2D eigenvalue weighted by Gasteiger charge is -2.23. The Labute approximate surface area is 139 Å². The lowest BCUT2D eigenvalue weighted by Crippen LogP contribution is -2.47. The van der Waals surface area contributed by atoms with Crippen LogP contribution in [0, 0.1) is 6.92 Å². The molecule has 0 aromatic carbocycles. The van der Waals surface area contributed by atoms with Crippen LogP contribution in [0.1, 0.15) is 53.3 Å². The van der Waals surface area contributed by atoms with Crippen LogP contribution in [0.3, 0.4) is 0 Å². The van der Waals surface area contributed by atoms with Gasteiger partial charge in [0, 0.05) is 37.7 Å². The molecule has 2 aliphatic rings. The molecule has 2 aromatic heterocycles. The van der Waals surface area contributed by atoms with Crippen molar-refractivity contribution in [3.63, 3.8) is 0 Å². The van der Waals surface area contributed by atoms with E-state index in [1.807, 2.05) is 20.0 Å². The number of nitrogens with one attached hydrogen (secondary N) is 2. The summed E-state index contributed by atoms with van der Waals surface area (Å²) in [6.07, 6.45) is 3.39. The Morgan fingerprint density at radius 3 is 2.83 bits per heavy atom. The Morgan fingerprint density at radius 2 is 2.17 bits per heavy atom. The van der Waals surface area contributed by atoms with E-state index < -0.39 is 0 Å². The average Bonchev–Trinajstić information content (AvgIpc) is 3.36. The fraction of sp³-hybridized carbons (Fsp3) is 0.529. The third kappa shape index (κ3) is 2.64. The Morgan fingerprint density at radius 1 is 1.38 bits per heavy atom. The minimum Gasteiger partial charge on any atom is -0.354 e. The minimum atomic E-state index is -0.110. The third-order valence-electron chi connectivity index (χ3n) is 4.83. The van der Waals surface area contributed by atoms with Gasteiger partial charge in [-0.2, -0.15) is 5.10 Å². The summed E-state index contributed by atoms with van der Waals surface area (Å²) in [6.45, 7) is 2.39. The topological polar surface area (TPSA) is 88.9 Å². The molecule has 0 bridgehead atoms. The summed E-state index contributed by atoms with van der Waals surface area (Å²) in [7, 11) is 1.86. The Kier molecular flexibility index (Phi) is 3.51. The normalized spacial score (nSPS) is 20.9. The van der Waals surface area contributed by atoms with Crippen LogP contribution in [0.25, 0.3) is 11.0 Å². The Hall–Kier alpha value is -2.44. The number of piperidine rings is 1. The summed E-state index contributed by atoms with van der Waals surface area (Å²) in [5.74, 6) is 0.401. The van der Waals surface area contributed by atoms with Crippen LogP contribution in [-0.2, 0) is 11.8 Å². The second kappa shape index (κ2) is 5.58. The van der Waals surface area contributed by atoms with Gasteiger partial charge in [-0.3, -0.25) is 14.3 Å². The summed E-state index contributed by atoms with van der Waals surface area (Å²) in [4.78, 5) is 28.9. The van der Waals surface area contributed by atoms with Crippen LogP contribution in [-0.4, -0.2) is 39.2 Å². The Balaban J connectivity index is 1.69. The van der Waals surface area contributed by atoms with E-state index in [1.165, 1.54) is 0 Å². The van der Waals surface area contributed by atoms with Crippen molar-refractivity contribution in [3.05, 3.63) is 23.0 Å². The van der Waals surface area contributed by atoms with E-state index in [0.717, 1.165) is 35.3 Å². The molecule has 1 aliphatic carbocycles. The van der Waals surface area contributed by atoms with Gasteiger partial charge < -0.3 is 10.6 Å². The molecule has 2 N–H and O–H groups in total. The Bertz CT molecular complexity index is 827. The molecule has 126 valence electrons. The van der Waals surface area contributed by atoms with Gasteiger partial charge in [0.25, 0.3) is 5.91 Å². The maximum absolute atomic E-state index is 12.9. The molecule has 7 heteroatoms. The second-order valence-corrected chi connectivity index (χ2v) is 6.79. The van der Waals surface area contributed by atoms with E-state index in [-0.39, 0.29) is 17.9 Å². The van der Waals surface area contributed by atoms with Crippen molar-refractivity contribution in [2.24, 2.45) is 7.05 Å². The van der Waals surface area contributed by atoms with Gasteiger partial charge in [-0.1, -0.05) is 0 Å². The first-order valence-electron chi connectivity index (χ1n) is 8.44. The van der Waals surface area contributed by atoms with Gasteiger partial charge in [0.15, 0.2) is 5.65 Å². The summed E-state index contributed by atoms with van der Waals surface area (Å²) >= 11 is 0. The quantitative estimate of drug-likeness (QED) is 0.885. The average molecular weight is 327 g/mol. The maximum atomic E-state index is 12.9. The van der Waals surface area contributed by atoms with E-state index in [1.54, 1.807) is 4.68 Å². The van der Waals surface area contributed by atoms with Gasteiger partial charge in [0.2, 0.25) is 5.91 Å². The molecule has 1 aliphatic heterocycles. The zero-order valence-corrected chi connectivity index (χ0v) is 13.9. The highest BCUT2D eigenvalue weighted by Gasteiger charge is 2.29. The monoisotopic (exact) mass is 327 g/mol. The van der Waals surface area contributed by atoms with Crippen molar-refractivity contribution >= 4 is 22.8 Å². The van der Waals surface area contributed by atoms with Crippen LogP contribution in [0.4, 0.5) is 0 Å². The molecular formula is C17H21N5O2.